The van der Waals surface area contributed by atoms with E-state index < -0.39 is 0 Å². The number of piperazine rings is 1. The first-order valence-electron chi connectivity index (χ1n) is 8.96. The molecule has 0 spiro atoms. The van der Waals surface area contributed by atoms with Crippen LogP contribution in [-0.2, 0) is 6.42 Å². The summed E-state index contributed by atoms with van der Waals surface area (Å²) >= 11 is 6.11. The smallest absolute Gasteiger partial charge is 0.193 e. The lowest BCUT2D eigenvalue weighted by Gasteiger charge is -2.37. The Morgan fingerprint density at radius 1 is 1.26 bits per heavy atom. The second-order valence-corrected chi connectivity index (χ2v) is 6.92. The van der Waals surface area contributed by atoms with E-state index in [4.69, 9.17) is 16.1 Å². The van der Waals surface area contributed by atoms with Crippen LogP contribution >= 0.6 is 35.6 Å². The van der Waals surface area contributed by atoms with Crippen LogP contribution in [0.3, 0.4) is 0 Å². The molecule has 1 N–H and O–H groups in total. The molecule has 3 rings (SSSR count). The van der Waals surface area contributed by atoms with Gasteiger partial charge in [0, 0.05) is 56.0 Å². The summed E-state index contributed by atoms with van der Waals surface area (Å²) in [7, 11) is 1.83. The van der Waals surface area contributed by atoms with E-state index in [1.807, 2.05) is 39.1 Å². The molecule has 2 aromatic rings. The Bertz CT molecular complexity index is 752. The Morgan fingerprint density at radius 3 is 2.59 bits per heavy atom. The number of halogens is 2. The number of anilines is 1. The minimum absolute atomic E-state index is 0. The molecule has 1 aromatic carbocycles. The van der Waals surface area contributed by atoms with Crippen LogP contribution in [0.4, 0.5) is 5.69 Å². The number of aryl methyl sites for hydroxylation is 2. The van der Waals surface area contributed by atoms with Crippen LogP contribution in [-0.4, -0.2) is 55.8 Å². The summed E-state index contributed by atoms with van der Waals surface area (Å²) in [6.45, 7) is 8.50. The average Bonchev–Trinajstić information content (AvgIpc) is 2.97. The third-order valence-electron chi connectivity index (χ3n) is 4.80. The number of rotatable bonds is 4. The van der Waals surface area contributed by atoms with Crippen molar-refractivity contribution in [2.75, 3.05) is 44.7 Å². The molecule has 27 heavy (non-hydrogen) atoms. The van der Waals surface area contributed by atoms with Gasteiger partial charge in [-0.1, -0.05) is 22.8 Å². The second kappa shape index (κ2) is 10.2. The van der Waals surface area contributed by atoms with E-state index in [9.17, 15) is 0 Å². The predicted molar refractivity (Wildman–Crippen MR) is 122 cm³/mol. The predicted octanol–water partition coefficient (Wildman–Crippen LogP) is 3.50. The normalized spacial score (nSPS) is 14.9. The number of hydrogen-bond donors (Lipinski definition) is 1. The van der Waals surface area contributed by atoms with Crippen molar-refractivity contribution in [2.45, 2.75) is 20.3 Å². The highest BCUT2D eigenvalue weighted by molar-refractivity contribution is 14.0. The maximum Gasteiger partial charge on any atom is 0.193 e. The van der Waals surface area contributed by atoms with Gasteiger partial charge in [-0.25, -0.2) is 0 Å². The van der Waals surface area contributed by atoms with Gasteiger partial charge in [0.1, 0.15) is 5.76 Å². The quantitative estimate of drug-likeness (QED) is 0.393. The molecule has 2 heterocycles. The number of aromatic nitrogens is 1. The number of guanidine groups is 1. The highest BCUT2D eigenvalue weighted by atomic mass is 127. The van der Waals surface area contributed by atoms with E-state index in [0.717, 1.165) is 61.6 Å². The van der Waals surface area contributed by atoms with Gasteiger partial charge >= 0.3 is 0 Å². The van der Waals surface area contributed by atoms with Crippen molar-refractivity contribution >= 4 is 47.2 Å². The number of nitrogens with one attached hydrogen (secondary N) is 1. The van der Waals surface area contributed by atoms with Gasteiger partial charge in [-0.2, -0.15) is 0 Å². The standard InChI is InChI=1S/C19H26ClN5O.HI/c1-14-18(15(2)26-23-14)7-8-22-19(21-3)25-11-9-24(10-12-25)17-6-4-5-16(20)13-17;/h4-6,13H,7-12H2,1-3H3,(H,21,22);1H. The molecule has 1 fully saturated rings. The van der Waals surface area contributed by atoms with Crippen LogP contribution in [0, 0.1) is 13.8 Å². The summed E-state index contributed by atoms with van der Waals surface area (Å²) in [4.78, 5) is 9.10. The maximum atomic E-state index is 6.11. The first-order chi connectivity index (χ1) is 12.6. The zero-order valence-electron chi connectivity index (χ0n) is 16.0. The Hall–Kier alpha value is -1.48. The summed E-state index contributed by atoms with van der Waals surface area (Å²) in [5.41, 5.74) is 3.33. The van der Waals surface area contributed by atoms with Crippen molar-refractivity contribution in [3.63, 3.8) is 0 Å². The molecule has 1 aliphatic heterocycles. The first kappa shape index (κ1) is 21.8. The van der Waals surface area contributed by atoms with Crippen molar-refractivity contribution in [3.8, 4) is 0 Å². The zero-order chi connectivity index (χ0) is 18.5. The van der Waals surface area contributed by atoms with Crippen molar-refractivity contribution in [3.05, 3.63) is 46.3 Å². The van der Waals surface area contributed by atoms with E-state index in [1.54, 1.807) is 0 Å². The van der Waals surface area contributed by atoms with Gasteiger partial charge in [0.05, 0.1) is 5.69 Å². The highest BCUT2D eigenvalue weighted by Gasteiger charge is 2.20. The molecule has 0 amide bonds. The molecule has 1 aliphatic rings. The minimum atomic E-state index is 0. The number of hydrogen-bond acceptors (Lipinski definition) is 4. The van der Waals surface area contributed by atoms with Gasteiger partial charge in [-0.05, 0) is 38.5 Å². The SMILES string of the molecule is CN=C(NCCc1c(C)noc1C)N1CCN(c2cccc(Cl)c2)CC1.I. The van der Waals surface area contributed by atoms with Gasteiger partial charge in [0.25, 0.3) is 0 Å². The van der Waals surface area contributed by atoms with Crippen LogP contribution in [0.15, 0.2) is 33.8 Å². The second-order valence-electron chi connectivity index (χ2n) is 6.48. The highest BCUT2D eigenvalue weighted by Crippen LogP contribution is 2.20. The van der Waals surface area contributed by atoms with Crippen LogP contribution < -0.4 is 10.2 Å². The van der Waals surface area contributed by atoms with E-state index in [1.165, 1.54) is 11.3 Å². The average molecular weight is 504 g/mol. The van der Waals surface area contributed by atoms with Crippen LogP contribution in [0.1, 0.15) is 17.0 Å². The van der Waals surface area contributed by atoms with Gasteiger partial charge < -0.3 is 19.6 Å². The zero-order valence-corrected chi connectivity index (χ0v) is 19.1. The molecule has 1 aromatic heterocycles. The van der Waals surface area contributed by atoms with Gasteiger partial charge in [0.2, 0.25) is 0 Å². The molecule has 8 heteroatoms. The lowest BCUT2D eigenvalue weighted by atomic mass is 10.1. The molecule has 148 valence electrons. The lowest BCUT2D eigenvalue weighted by molar-refractivity contribution is 0.373. The fourth-order valence-corrected chi connectivity index (χ4v) is 3.52. The number of aliphatic imine (C=N–C) groups is 1. The van der Waals surface area contributed by atoms with Crippen LogP contribution in [0.25, 0.3) is 0 Å². The molecule has 0 bridgehead atoms. The van der Waals surface area contributed by atoms with E-state index in [-0.39, 0.29) is 24.0 Å². The van der Waals surface area contributed by atoms with Crippen molar-refractivity contribution in [1.82, 2.24) is 15.4 Å². The number of nitrogens with zero attached hydrogens (tertiary/aromatic N) is 4. The van der Waals surface area contributed by atoms with Gasteiger partial charge in [0.15, 0.2) is 5.96 Å². The minimum Gasteiger partial charge on any atom is -0.368 e. The molecule has 0 saturated carbocycles. The summed E-state index contributed by atoms with van der Waals surface area (Å²) in [5.74, 6) is 1.84. The van der Waals surface area contributed by atoms with Gasteiger partial charge in [-0.3, -0.25) is 4.99 Å². The van der Waals surface area contributed by atoms with Crippen molar-refractivity contribution in [2.24, 2.45) is 4.99 Å². The molecular formula is C19H27ClIN5O. The van der Waals surface area contributed by atoms with E-state index in [0.29, 0.717) is 0 Å². The van der Waals surface area contributed by atoms with E-state index >= 15 is 0 Å². The maximum absolute atomic E-state index is 6.11. The summed E-state index contributed by atoms with van der Waals surface area (Å²) < 4.78 is 5.22. The molecule has 6 nitrogen and oxygen atoms in total. The fourth-order valence-electron chi connectivity index (χ4n) is 3.34. The summed E-state index contributed by atoms with van der Waals surface area (Å²) in [6.07, 6.45) is 0.878. The Labute approximate surface area is 183 Å². The molecule has 0 unspecified atom stereocenters. The van der Waals surface area contributed by atoms with Crippen molar-refractivity contribution < 1.29 is 4.52 Å². The lowest BCUT2D eigenvalue weighted by Crippen LogP contribution is -2.52. The third kappa shape index (κ3) is 5.51. The molecule has 0 radical (unpaired) electrons. The Morgan fingerprint density at radius 2 is 2.00 bits per heavy atom. The topological polar surface area (TPSA) is 56.9 Å². The molecular weight excluding hydrogens is 477 g/mol. The fraction of sp³-hybridized carbons (Fsp3) is 0.474. The monoisotopic (exact) mass is 503 g/mol. The first-order valence-corrected chi connectivity index (χ1v) is 9.34. The molecule has 0 atom stereocenters. The Balaban J connectivity index is 0.00000261. The van der Waals surface area contributed by atoms with Gasteiger partial charge in [-0.15, -0.1) is 24.0 Å². The third-order valence-corrected chi connectivity index (χ3v) is 5.04. The molecule has 0 aliphatic carbocycles. The van der Waals surface area contributed by atoms with Crippen LogP contribution in [0.2, 0.25) is 5.02 Å². The van der Waals surface area contributed by atoms with Crippen LogP contribution in [0.5, 0.6) is 0 Å². The Kier molecular flexibility index (Phi) is 8.22. The summed E-state index contributed by atoms with van der Waals surface area (Å²) in [6, 6.07) is 8.04. The summed E-state index contributed by atoms with van der Waals surface area (Å²) in [5, 5.41) is 8.25. The van der Waals surface area contributed by atoms with E-state index in [2.05, 4.69) is 31.3 Å². The molecule has 1 saturated heterocycles. The number of benzene rings is 1. The van der Waals surface area contributed by atoms with Crippen molar-refractivity contribution in [1.29, 1.82) is 0 Å². The largest absolute Gasteiger partial charge is 0.368 e.